The van der Waals surface area contributed by atoms with Crippen molar-refractivity contribution in [2.75, 3.05) is 0 Å². The van der Waals surface area contributed by atoms with E-state index in [9.17, 15) is 0 Å². The maximum Gasteiger partial charge on any atom is 0.0602 e. The second kappa shape index (κ2) is 6.27. The second-order valence-electron chi connectivity index (χ2n) is 4.90. The van der Waals surface area contributed by atoms with Crippen LogP contribution >= 0.6 is 0 Å². The number of imidazole rings is 1. The Morgan fingerprint density at radius 3 is 2.55 bits per heavy atom. The molecule has 0 N–H and O–H groups in total. The molecular weight excluding hydrogens is 448 g/mol. The number of benzene rings is 3. The average Bonchev–Trinajstić information content (AvgIpc) is 3.04. The predicted octanol–water partition coefficient (Wildman–Crippen LogP) is 4.49. The summed E-state index contributed by atoms with van der Waals surface area (Å²) in [6.07, 6.45) is 3.83. The van der Waals surface area contributed by atoms with Crippen molar-refractivity contribution in [3.63, 3.8) is 0 Å². The van der Waals surface area contributed by atoms with Crippen LogP contribution in [0, 0.1) is 6.07 Å². The third kappa shape index (κ3) is 2.50. The van der Waals surface area contributed by atoms with Gasteiger partial charge in [-0.1, -0.05) is 36.4 Å². The predicted molar refractivity (Wildman–Crippen MR) is 85.3 cm³/mol. The summed E-state index contributed by atoms with van der Waals surface area (Å²) in [5.41, 5.74) is 2.13. The molecular formula is C19H13IrN2-. The fourth-order valence-electron chi connectivity index (χ4n) is 2.65. The molecule has 0 aliphatic heterocycles. The minimum absolute atomic E-state index is 0. The van der Waals surface area contributed by atoms with Crippen LogP contribution in [0.2, 0.25) is 0 Å². The number of aromatic nitrogens is 2. The van der Waals surface area contributed by atoms with E-state index in [0.29, 0.717) is 0 Å². The first kappa shape index (κ1) is 14.7. The summed E-state index contributed by atoms with van der Waals surface area (Å²) in [5, 5.41) is 2.45. The molecule has 0 aliphatic carbocycles. The molecule has 0 bridgehead atoms. The van der Waals surface area contributed by atoms with Crippen molar-refractivity contribution >= 4 is 10.8 Å². The number of hydrogen-bond donors (Lipinski definition) is 0. The molecule has 2 nitrogen and oxygen atoms in total. The fraction of sp³-hybridized carbons (Fsp3) is 0. The minimum Gasteiger partial charge on any atom is -0.339 e. The second-order valence-corrected chi connectivity index (χ2v) is 4.90. The van der Waals surface area contributed by atoms with Gasteiger partial charge in [0.1, 0.15) is 0 Å². The van der Waals surface area contributed by atoms with Crippen LogP contribution in [0.1, 0.15) is 0 Å². The molecule has 0 fully saturated rings. The van der Waals surface area contributed by atoms with E-state index in [-0.39, 0.29) is 20.1 Å². The Hall–Kier alpha value is -2.22. The van der Waals surface area contributed by atoms with Gasteiger partial charge in [-0.15, -0.1) is 35.9 Å². The third-order valence-corrected chi connectivity index (χ3v) is 3.62. The summed E-state index contributed by atoms with van der Waals surface area (Å²) in [4.78, 5) is 4.50. The molecule has 22 heavy (non-hydrogen) atoms. The number of fused-ring (bicyclic) bond motifs is 1. The number of nitrogens with zero attached hydrogens (tertiary/aromatic N) is 2. The molecule has 0 amide bonds. The Bertz CT molecular complexity index is 892. The van der Waals surface area contributed by atoms with Crippen LogP contribution in [0.25, 0.3) is 27.8 Å². The fourth-order valence-corrected chi connectivity index (χ4v) is 2.65. The van der Waals surface area contributed by atoms with E-state index in [2.05, 4.69) is 58.1 Å². The van der Waals surface area contributed by atoms with E-state index < -0.39 is 0 Å². The SMILES string of the molecule is [Ir].[c-]1ccccc1-c1nccn1-c1cccc2ccccc12. The molecule has 0 saturated carbocycles. The number of rotatable bonds is 2. The van der Waals surface area contributed by atoms with Crippen LogP contribution in [0.4, 0.5) is 0 Å². The Kier molecular flexibility index (Phi) is 4.19. The van der Waals surface area contributed by atoms with Crippen LogP contribution < -0.4 is 0 Å². The maximum atomic E-state index is 4.50. The molecule has 1 radical (unpaired) electrons. The van der Waals surface area contributed by atoms with Crippen LogP contribution in [-0.4, -0.2) is 9.55 Å². The van der Waals surface area contributed by atoms with Gasteiger partial charge in [-0.05, 0) is 11.5 Å². The molecule has 1 heterocycles. The van der Waals surface area contributed by atoms with Gasteiger partial charge in [-0.25, -0.2) is 0 Å². The first-order chi connectivity index (χ1) is 10.4. The van der Waals surface area contributed by atoms with Gasteiger partial charge < -0.3 is 4.57 Å². The molecule has 4 aromatic rings. The van der Waals surface area contributed by atoms with Gasteiger partial charge in [-0.2, -0.15) is 0 Å². The molecule has 3 aromatic carbocycles. The molecule has 0 unspecified atom stereocenters. The average molecular weight is 462 g/mol. The van der Waals surface area contributed by atoms with Gasteiger partial charge >= 0.3 is 0 Å². The first-order valence-corrected chi connectivity index (χ1v) is 6.92. The van der Waals surface area contributed by atoms with Crippen molar-refractivity contribution in [2.45, 2.75) is 0 Å². The normalized spacial score (nSPS) is 10.4. The van der Waals surface area contributed by atoms with Gasteiger partial charge in [0.25, 0.3) is 0 Å². The van der Waals surface area contributed by atoms with Crippen molar-refractivity contribution < 1.29 is 20.1 Å². The van der Waals surface area contributed by atoms with Crippen molar-refractivity contribution in [2.24, 2.45) is 0 Å². The van der Waals surface area contributed by atoms with E-state index in [1.165, 1.54) is 10.8 Å². The summed E-state index contributed by atoms with van der Waals surface area (Å²) >= 11 is 0. The summed E-state index contributed by atoms with van der Waals surface area (Å²) in [5.74, 6) is 0.909. The van der Waals surface area contributed by atoms with Gasteiger partial charge in [0.15, 0.2) is 0 Å². The van der Waals surface area contributed by atoms with Crippen LogP contribution in [0.3, 0.4) is 0 Å². The Balaban J connectivity index is 0.00000144. The van der Waals surface area contributed by atoms with Crippen molar-refractivity contribution in [3.05, 3.63) is 85.2 Å². The van der Waals surface area contributed by atoms with Crippen LogP contribution in [0.5, 0.6) is 0 Å². The Morgan fingerprint density at radius 2 is 1.68 bits per heavy atom. The third-order valence-electron chi connectivity index (χ3n) is 3.62. The first-order valence-electron chi connectivity index (χ1n) is 6.92. The van der Waals surface area contributed by atoms with E-state index in [4.69, 9.17) is 0 Å². The molecule has 4 rings (SSSR count). The van der Waals surface area contributed by atoms with E-state index in [1.807, 2.05) is 36.7 Å². The molecule has 0 spiro atoms. The summed E-state index contributed by atoms with van der Waals surface area (Å²) < 4.78 is 2.12. The molecule has 3 heteroatoms. The zero-order valence-corrected chi connectivity index (χ0v) is 14.1. The van der Waals surface area contributed by atoms with Crippen molar-refractivity contribution in [1.29, 1.82) is 0 Å². The van der Waals surface area contributed by atoms with Gasteiger partial charge in [0, 0.05) is 43.6 Å². The summed E-state index contributed by atoms with van der Waals surface area (Å²) in [6, 6.07) is 25.9. The molecule has 0 atom stereocenters. The zero-order valence-electron chi connectivity index (χ0n) is 11.7. The monoisotopic (exact) mass is 462 g/mol. The van der Waals surface area contributed by atoms with E-state index in [1.54, 1.807) is 0 Å². The van der Waals surface area contributed by atoms with Crippen LogP contribution in [-0.2, 0) is 20.1 Å². The largest absolute Gasteiger partial charge is 0.339 e. The topological polar surface area (TPSA) is 17.8 Å². The molecule has 0 saturated heterocycles. The van der Waals surface area contributed by atoms with Gasteiger partial charge in [0.2, 0.25) is 0 Å². The van der Waals surface area contributed by atoms with E-state index >= 15 is 0 Å². The van der Waals surface area contributed by atoms with Gasteiger partial charge in [-0.3, -0.25) is 4.98 Å². The number of hydrogen-bond acceptors (Lipinski definition) is 1. The standard InChI is InChI=1S/C19H13N2.Ir/c1-2-8-16(9-3-1)19-20-13-14-21(19)18-12-6-10-15-7-4-5-11-17(15)18;/h1-8,10-14H;/q-1;. The maximum absolute atomic E-state index is 4.50. The smallest absolute Gasteiger partial charge is 0.0602 e. The van der Waals surface area contributed by atoms with Crippen molar-refractivity contribution in [3.8, 4) is 17.1 Å². The Labute approximate surface area is 142 Å². The van der Waals surface area contributed by atoms with Gasteiger partial charge in [0.05, 0.1) is 5.82 Å². The zero-order chi connectivity index (χ0) is 14.1. The molecule has 1 aromatic heterocycles. The minimum atomic E-state index is 0. The van der Waals surface area contributed by atoms with E-state index in [0.717, 1.165) is 17.1 Å². The van der Waals surface area contributed by atoms with Crippen LogP contribution in [0.15, 0.2) is 79.1 Å². The molecule has 109 valence electrons. The molecule has 0 aliphatic rings. The summed E-state index contributed by atoms with van der Waals surface area (Å²) in [6.45, 7) is 0. The Morgan fingerprint density at radius 1 is 0.864 bits per heavy atom. The summed E-state index contributed by atoms with van der Waals surface area (Å²) in [7, 11) is 0. The van der Waals surface area contributed by atoms with Crippen molar-refractivity contribution in [1.82, 2.24) is 9.55 Å². The quantitative estimate of drug-likeness (QED) is 0.402.